The van der Waals surface area contributed by atoms with Crippen LogP contribution >= 0.6 is 0 Å². The van der Waals surface area contributed by atoms with Gasteiger partial charge in [-0.15, -0.1) is 0 Å². The molecule has 2 aromatic rings. The van der Waals surface area contributed by atoms with Crippen LogP contribution < -0.4 is 5.32 Å². The van der Waals surface area contributed by atoms with Gasteiger partial charge in [0.05, 0.1) is 11.6 Å². The van der Waals surface area contributed by atoms with Crippen LogP contribution in [-0.2, 0) is 6.42 Å². The molecule has 0 unspecified atom stereocenters. The quantitative estimate of drug-likeness (QED) is 0.843. The summed E-state index contributed by atoms with van der Waals surface area (Å²) in [6.07, 6.45) is 1.68. The summed E-state index contributed by atoms with van der Waals surface area (Å²) >= 11 is 0. The summed E-state index contributed by atoms with van der Waals surface area (Å²) in [5.41, 5.74) is 0.358. The molecule has 0 spiro atoms. The van der Waals surface area contributed by atoms with Gasteiger partial charge >= 0.3 is 0 Å². The van der Waals surface area contributed by atoms with Gasteiger partial charge in [0.2, 0.25) is 0 Å². The zero-order valence-corrected chi connectivity index (χ0v) is 8.31. The normalized spacial score (nSPS) is 11.1. The fourth-order valence-electron chi connectivity index (χ4n) is 1.56. The van der Waals surface area contributed by atoms with E-state index in [-0.39, 0.29) is 11.1 Å². The van der Waals surface area contributed by atoms with Gasteiger partial charge in [-0.1, -0.05) is 0 Å². The van der Waals surface area contributed by atoms with Crippen LogP contribution in [0, 0.1) is 11.6 Å². The van der Waals surface area contributed by atoms with E-state index < -0.39 is 11.6 Å². The van der Waals surface area contributed by atoms with Gasteiger partial charge in [0.25, 0.3) is 0 Å². The predicted molar refractivity (Wildman–Crippen MR) is 53.8 cm³/mol. The van der Waals surface area contributed by atoms with Crippen molar-refractivity contribution in [2.45, 2.75) is 6.42 Å². The fourth-order valence-corrected chi connectivity index (χ4v) is 1.56. The summed E-state index contributed by atoms with van der Waals surface area (Å²) in [4.78, 5) is 0. The van der Waals surface area contributed by atoms with Gasteiger partial charge in [-0.3, -0.25) is 0 Å². The molecule has 0 radical (unpaired) electrons. The topological polar surface area (TPSA) is 25.2 Å². The van der Waals surface area contributed by atoms with E-state index in [1.54, 1.807) is 7.05 Å². The fraction of sp³-hybridized carbons (Fsp3) is 0.273. The molecule has 0 saturated heterocycles. The van der Waals surface area contributed by atoms with Gasteiger partial charge in [0.15, 0.2) is 0 Å². The van der Waals surface area contributed by atoms with Gasteiger partial charge in [-0.05, 0) is 26.1 Å². The highest BCUT2D eigenvalue weighted by molar-refractivity contribution is 5.78. The van der Waals surface area contributed by atoms with Crippen LogP contribution in [0.1, 0.15) is 5.56 Å². The van der Waals surface area contributed by atoms with Crippen LogP contribution in [0.2, 0.25) is 0 Å². The van der Waals surface area contributed by atoms with Crippen molar-refractivity contribution in [2.75, 3.05) is 13.6 Å². The van der Waals surface area contributed by atoms with E-state index in [0.29, 0.717) is 18.4 Å². The molecule has 1 heterocycles. The molecule has 1 aromatic heterocycles. The van der Waals surface area contributed by atoms with Gasteiger partial charge in [0, 0.05) is 11.6 Å². The van der Waals surface area contributed by atoms with Crippen LogP contribution in [0.5, 0.6) is 0 Å². The zero-order chi connectivity index (χ0) is 10.8. The van der Waals surface area contributed by atoms with Crippen molar-refractivity contribution in [3.63, 3.8) is 0 Å². The molecule has 0 aliphatic rings. The first kappa shape index (κ1) is 10.1. The molecule has 2 nitrogen and oxygen atoms in total. The lowest BCUT2D eigenvalue weighted by Crippen LogP contribution is -2.12. The molecular weight excluding hydrogens is 200 g/mol. The van der Waals surface area contributed by atoms with E-state index in [1.807, 2.05) is 0 Å². The lowest BCUT2D eigenvalue weighted by atomic mass is 10.1. The second-order valence-electron chi connectivity index (χ2n) is 3.34. The summed E-state index contributed by atoms with van der Waals surface area (Å²) in [6, 6.07) is 2.73. The summed E-state index contributed by atoms with van der Waals surface area (Å²) < 4.78 is 32.2. The molecule has 15 heavy (non-hydrogen) atoms. The monoisotopic (exact) mass is 211 g/mol. The van der Waals surface area contributed by atoms with Gasteiger partial charge in [0.1, 0.15) is 17.2 Å². The van der Waals surface area contributed by atoms with Crippen molar-refractivity contribution >= 4 is 11.0 Å². The summed E-state index contributed by atoms with van der Waals surface area (Å²) in [5, 5.41) is 3.19. The van der Waals surface area contributed by atoms with E-state index in [1.165, 1.54) is 18.4 Å². The van der Waals surface area contributed by atoms with E-state index in [4.69, 9.17) is 4.42 Å². The molecular formula is C11H11F2NO. The number of fused-ring (bicyclic) bond motifs is 1. The third-order valence-electron chi connectivity index (χ3n) is 2.37. The van der Waals surface area contributed by atoms with Crippen molar-refractivity contribution in [3.05, 3.63) is 35.6 Å². The number of benzene rings is 1. The maximum atomic E-state index is 13.8. The van der Waals surface area contributed by atoms with Crippen molar-refractivity contribution in [1.29, 1.82) is 0 Å². The highest BCUT2D eigenvalue weighted by Gasteiger charge is 2.14. The van der Waals surface area contributed by atoms with Crippen LogP contribution in [0.15, 0.2) is 22.8 Å². The first-order valence-corrected chi connectivity index (χ1v) is 4.72. The molecule has 80 valence electrons. The van der Waals surface area contributed by atoms with Gasteiger partial charge < -0.3 is 9.73 Å². The predicted octanol–water partition coefficient (Wildman–Crippen LogP) is 2.47. The van der Waals surface area contributed by atoms with Crippen molar-refractivity contribution < 1.29 is 13.2 Å². The van der Waals surface area contributed by atoms with Crippen molar-refractivity contribution in [2.24, 2.45) is 0 Å². The molecule has 0 bridgehead atoms. The Kier molecular flexibility index (Phi) is 2.68. The van der Waals surface area contributed by atoms with Gasteiger partial charge in [-0.25, -0.2) is 8.78 Å². The number of hydrogen-bond donors (Lipinski definition) is 1. The lowest BCUT2D eigenvalue weighted by molar-refractivity contribution is 0.551. The third kappa shape index (κ3) is 1.72. The summed E-state index contributed by atoms with van der Waals surface area (Å²) in [5.74, 6) is -1.07. The Balaban J connectivity index is 2.52. The first-order chi connectivity index (χ1) is 7.24. The Bertz CT molecular complexity index is 479. The second kappa shape index (κ2) is 3.98. The first-order valence-electron chi connectivity index (χ1n) is 4.72. The maximum Gasteiger partial charge on any atom is 0.140 e. The summed E-state index contributed by atoms with van der Waals surface area (Å²) in [7, 11) is 1.74. The minimum absolute atomic E-state index is 0.109. The molecule has 1 aromatic carbocycles. The van der Waals surface area contributed by atoms with Crippen LogP contribution in [0.3, 0.4) is 0 Å². The Morgan fingerprint density at radius 1 is 1.40 bits per heavy atom. The highest BCUT2D eigenvalue weighted by atomic mass is 19.1. The van der Waals surface area contributed by atoms with E-state index >= 15 is 0 Å². The van der Waals surface area contributed by atoms with Crippen LogP contribution in [0.25, 0.3) is 11.0 Å². The Labute approximate surface area is 85.9 Å². The number of hydrogen-bond acceptors (Lipinski definition) is 2. The number of nitrogens with one attached hydrogen (secondary N) is 1. The van der Waals surface area contributed by atoms with Crippen LogP contribution in [-0.4, -0.2) is 13.6 Å². The summed E-state index contributed by atoms with van der Waals surface area (Å²) in [6.45, 7) is 0.539. The maximum absolute atomic E-state index is 13.8. The largest absolute Gasteiger partial charge is 0.464 e. The van der Waals surface area contributed by atoms with E-state index in [2.05, 4.69) is 5.32 Å². The molecule has 0 aliphatic carbocycles. The second-order valence-corrected chi connectivity index (χ2v) is 3.34. The minimum atomic E-state index is -0.551. The minimum Gasteiger partial charge on any atom is -0.464 e. The van der Waals surface area contributed by atoms with Crippen LogP contribution in [0.4, 0.5) is 8.78 Å². The molecule has 0 fully saturated rings. The Morgan fingerprint density at radius 2 is 2.20 bits per heavy atom. The van der Waals surface area contributed by atoms with E-state index in [9.17, 15) is 8.78 Å². The smallest absolute Gasteiger partial charge is 0.140 e. The SMILES string of the molecule is CNCCc1c(F)cc2occc2c1F. The number of rotatable bonds is 3. The molecule has 4 heteroatoms. The Hall–Kier alpha value is -1.42. The zero-order valence-electron chi connectivity index (χ0n) is 8.31. The average molecular weight is 211 g/mol. The average Bonchev–Trinajstić information content (AvgIpc) is 2.65. The van der Waals surface area contributed by atoms with Crippen molar-refractivity contribution in [1.82, 2.24) is 5.32 Å². The highest BCUT2D eigenvalue weighted by Crippen LogP contribution is 2.24. The molecule has 2 rings (SSSR count). The number of furan rings is 1. The Morgan fingerprint density at radius 3 is 2.93 bits per heavy atom. The number of halogens is 2. The third-order valence-corrected chi connectivity index (χ3v) is 2.37. The van der Waals surface area contributed by atoms with E-state index in [0.717, 1.165) is 0 Å². The van der Waals surface area contributed by atoms with Gasteiger partial charge in [-0.2, -0.15) is 0 Å². The molecule has 1 N–H and O–H groups in total. The van der Waals surface area contributed by atoms with Crippen molar-refractivity contribution in [3.8, 4) is 0 Å². The molecule has 0 amide bonds. The standard InChI is InChI=1S/C11H11F2NO/c1-14-4-2-7-9(12)6-10-8(11(7)13)3-5-15-10/h3,5-6,14H,2,4H2,1H3. The molecule has 0 saturated carbocycles. The molecule has 0 atom stereocenters. The lowest BCUT2D eigenvalue weighted by Gasteiger charge is -2.05. The number of likely N-dealkylation sites (N-methyl/N-ethyl adjacent to an activating group) is 1. The molecule has 0 aliphatic heterocycles.